The number of aryl methyl sites for hydroxylation is 1. The molecule has 0 unspecified atom stereocenters. The number of halogens is 3. The van der Waals surface area contributed by atoms with Crippen molar-refractivity contribution in [3.05, 3.63) is 65.1 Å². The third-order valence-electron chi connectivity index (χ3n) is 7.74. The average molecular weight is 554 g/mol. The topological polar surface area (TPSA) is 65.9 Å². The van der Waals surface area contributed by atoms with E-state index in [1.807, 2.05) is 43.4 Å². The van der Waals surface area contributed by atoms with Crippen molar-refractivity contribution < 1.29 is 27.8 Å². The highest BCUT2D eigenvalue weighted by Crippen LogP contribution is 2.41. The summed E-state index contributed by atoms with van der Waals surface area (Å²) in [5, 5.41) is 10.7. The van der Waals surface area contributed by atoms with E-state index in [1.54, 1.807) is 7.11 Å². The van der Waals surface area contributed by atoms with Crippen LogP contribution in [0.2, 0.25) is 0 Å². The third-order valence-corrected chi connectivity index (χ3v) is 7.74. The highest BCUT2D eigenvalue weighted by molar-refractivity contribution is 5.88. The molecule has 1 saturated heterocycles. The van der Waals surface area contributed by atoms with E-state index in [0.29, 0.717) is 32.5 Å². The SMILES string of the molecule is COc1ccc2ncc(N(C)C)c(CCCC3(CC(=O)O)CCN(CC#Cc4cc(F)c(F)c(F)c4)CC3)c2c1. The van der Waals surface area contributed by atoms with Crippen LogP contribution in [0.5, 0.6) is 5.75 Å². The van der Waals surface area contributed by atoms with Gasteiger partial charge in [-0.05, 0) is 86.5 Å². The molecule has 1 aliphatic rings. The van der Waals surface area contributed by atoms with Crippen LogP contribution >= 0.6 is 0 Å². The highest BCUT2D eigenvalue weighted by Gasteiger charge is 2.36. The second-order valence-electron chi connectivity index (χ2n) is 10.7. The molecule has 3 aromatic rings. The maximum absolute atomic E-state index is 13.4. The van der Waals surface area contributed by atoms with Crippen LogP contribution in [0.4, 0.5) is 18.9 Å². The summed E-state index contributed by atoms with van der Waals surface area (Å²) in [5.41, 5.74) is 2.84. The summed E-state index contributed by atoms with van der Waals surface area (Å²) in [7, 11) is 5.61. The first kappa shape index (κ1) is 29.2. The van der Waals surface area contributed by atoms with Gasteiger partial charge in [0, 0.05) is 25.0 Å². The Morgan fingerprint density at radius 2 is 1.85 bits per heavy atom. The molecule has 0 atom stereocenters. The largest absolute Gasteiger partial charge is 0.497 e. The molecular formula is C31H34F3N3O3. The van der Waals surface area contributed by atoms with Gasteiger partial charge in [-0.25, -0.2) is 13.2 Å². The summed E-state index contributed by atoms with van der Waals surface area (Å²) in [5.74, 6) is 1.52. The van der Waals surface area contributed by atoms with Crippen molar-refractivity contribution in [1.29, 1.82) is 0 Å². The molecule has 0 bridgehead atoms. The third kappa shape index (κ3) is 6.86. The molecule has 1 aliphatic heterocycles. The van der Waals surface area contributed by atoms with Gasteiger partial charge in [-0.2, -0.15) is 0 Å². The molecule has 1 N–H and O–H groups in total. The number of methoxy groups -OCH3 is 1. The number of carboxylic acid groups (broad SMARTS) is 1. The Balaban J connectivity index is 1.43. The van der Waals surface area contributed by atoms with Gasteiger partial charge in [0.1, 0.15) is 5.75 Å². The fraction of sp³-hybridized carbons (Fsp3) is 0.419. The van der Waals surface area contributed by atoms with Crippen molar-refractivity contribution in [2.45, 2.75) is 38.5 Å². The van der Waals surface area contributed by atoms with Gasteiger partial charge >= 0.3 is 5.97 Å². The van der Waals surface area contributed by atoms with Gasteiger partial charge in [0.05, 0.1) is 37.5 Å². The van der Waals surface area contributed by atoms with Gasteiger partial charge < -0.3 is 14.7 Å². The number of rotatable bonds is 9. The van der Waals surface area contributed by atoms with Gasteiger partial charge in [-0.15, -0.1) is 0 Å². The number of fused-ring (bicyclic) bond motifs is 1. The first-order chi connectivity index (χ1) is 19.1. The lowest BCUT2D eigenvalue weighted by Crippen LogP contribution is -2.41. The van der Waals surface area contributed by atoms with E-state index in [4.69, 9.17) is 4.74 Å². The Morgan fingerprint density at radius 1 is 1.15 bits per heavy atom. The number of benzene rings is 2. The minimum absolute atomic E-state index is 0.0759. The molecule has 0 aliphatic carbocycles. The molecule has 1 aromatic heterocycles. The molecule has 9 heteroatoms. The number of hydrogen-bond acceptors (Lipinski definition) is 5. The number of aromatic nitrogens is 1. The minimum Gasteiger partial charge on any atom is -0.497 e. The van der Waals surface area contributed by atoms with Crippen LogP contribution < -0.4 is 9.64 Å². The number of anilines is 1. The van der Waals surface area contributed by atoms with Crippen molar-refractivity contribution >= 4 is 22.6 Å². The normalized spacial score (nSPS) is 14.9. The van der Waals surface area contributed by atoms with Gasteiger partial charge in [0.15, 0.2) is 17.5 Å². The number of aliphatic carboxylic acids is 1. The first-order valence-electron chi connectivity index (χ1n) is 13.3. The second kappa shape index (κ2) is 12.6. The Hall–Kier alpha value is -3.77. The Morgan fingerprint density at radius 3 is 2.48 bits per heavy atom. The molecular weight excluding hydrogens is 519 g/mol. The molecule has 0 saturated carbocycles. The molecule has 40 heavy (non-hydrogen) atoms. The number of hydrogen-bond donors (Lipinski definition) is 1. The van der Waals surface area contributed by atoms with Crippen LogP contribution in [0.1, 0.15) is 43.2 Å². The number of nitrogens with zero attached hydrogens (tertiary/aromatic N) is 3. The zero-order chi connectivity index (χ0) is 28.9. The molecule has 2 heterocycles. The quantitative estimate of drug-likeness (QED) is 0.273. The van der Waals surface area contributed by atoms with Crippen molar-refractivity contribution in [1.82, 2.24) is 9.88 Å². The molecule has 0 spiro atoms. The zero-order valence-electron chi connectivity index (χ0n) is 23.1. The summed E-state index contributed by atoms with van der Waals surface area (Å²) in [6.07, 6.45) is 5.79. The van der Waals surface area contributed by atoms with Crippen LogP contribution in [0, 0.1) is 34.7 Å². The number of ether oxygens (including phenoxy) is 1. The van der Waals surface area contributed by atoms with Crippen LogP contribution in [-0.4, -0.2) is 61.8 Å². The minimum atomic E-state index is -1.51. The Kier molecular flexibility index (Phi) is 9.21. The summed E-state index contributed by atoms with van der Waals surface area (Å²) in [4.78, 5) is 20.6. The fourth-order valence-electron chi connectivity index (χ4n) is 5.53. The lowest BCUT2D eigenvalue weighted by Gasteiger charge is -2.41. The standard InChI is InChI=1S/C31H34F3N3O3/c1-36(2)28-20-35-27-9-8-22(40-3)18-24(27)23(28)7-4-10-31(19-29(38)39)11-14-37(15-12-31)13-5-6-21-16-25(32)30(34)26(33)17-21/h8-9,16-18,20H,4,7,10-15,19H2,1-3H3,(H,38,39). The van der Waals surface area contributed by atoms with Crippen LogP contribution in [-0.2, 0) is 11.2 Å². The first-order valence-corrected chi connectivity index (χ1v) is 13.3. The second-order valence-corrected chi connectivity index (χ2v) is 10.7. The lowest BCUT2D eigenvalue weighted by molar-refractivity contribution is -0.140. The molecule has 4 rings (SSSR count). The molecule has 0 amide bonds. The summed E-state index contributed by atoms with van der Waals surface area (Å²) >= 11 is 0. The number of carbonyl (C=O) groups is 1. The van der Waals surface area contributed by atoms with Crippen LogP contribution in [0.25, 0.3) is 10.9 Å². The summed E-state index contributed by atoms with van der Waals surface area (Å²) in [6.45, 7) is 1.72. The average Bonchev–Trinajstić information content (AvgIpc) is 2.92. The van der Waals surface area contributed by atoms with Gasteiger partial charge in [-0.3, -0.25) is 14.7 Å². The van der Waals surface area contributed by atoms with E-state index in [-0.39, 0.29) is 17.4 Å². The van der Waals surface area contributed by atoms with E-state index in [1.165, 1.54) is 5.56 Å². The number of piperidine rings is 1. The highest BCUT2D eigenvalue weighted by atomic mass is 19.2. The van der Waals surface area contributed by atoms with E-state index in [0.717, 1.165) is 53.7 Å². The van der Waals surface area contributed by atoms with E-state index < -0.39 is 23.4 Å². The van der Waals surface area contributed by atoms with Crippen LogP contribution in [0.15, 0.2) is 36.5 Å². The molecule has 1 fully saturated rings. The van der Waals surface area contributed by atoms with Crippen molar-refractivity contribution in [2.24, 2.45) is 5.41 Å². The van der Waals surface area contributed by atoms with E-state index >= 15 is 0 Å². The molecule has 6 nitrogen and oxygen atoms in total. The number of pyridine rings is 1. The Labute approximate surface area is 232 Å². The predicted molar refractivity (Wildman–Crippen MR) is 149 cm³/mol. The Bertz CT molecular complexity index is 1420. The van der Waals surface area contributed by atoms with Gasteiger partial charge in [0.2, 0.25) is 0 Å². The monoisotopic (exact) mass is 553 g/mol. The van der Waals surface area contributed by atoms with Crippen LogP contribution in [0.3, 0.4) is 0 Å². The maximum atomic E-state index is 13.4. The maximum Gasteiger partial charge on any atom is 0.303 e. The van der Waals surface area contributed by atoms with Gasteiger partial charge in [0.25, 0.3) is 0 Å². The molecule has 212 valence electrons. The summed E-state index contributed by atoms with van der Waals surface area (Å²) < 4.78 is 45.5. The smallest absolute Gasteiger partial charge is 0.303 e. The molecule has 0 radical (unpaired) electrons. The number of carboxylic acids is 1. The van der Waals surface area contributed by atoms with E-state index in [9.17, 15) is 23.1 Å². The molecule has 2 aromatic carbocycles. The van der Waals surface area contributed by atoms with Crippen molar-refractivity contribution in [3.63, 3.8) is 0 Å². The van der Waals surface area contributed by atoms with Crippen molar-refractivity contribution in [3.8, 4) is 17.6 Å². The van der Waals surface area contributed by atoms with Gasteiger partial charge in [-0.1, -0.05) is 11.8 Å². The van der Waals surface area contributed by atoms with Crippen molar-refractivity contribution in [2.75, 3.05) is 45.7 Å². The van der Waals surface area contributed by atoms with E-state index in [2.05, 4.69) is 21.7 Å². The zero-order valence-corrected chi connectivity index (χ0v) is 23.1. The predicted octanol–water partition coefficient (Wildman–Crippen LogP) is 5.66. The summed E-state index contributed by atoms with van der Waals surface area (Å²) in [6, 6.07) is 7.61. The fourth-order valence-corrected chi connectivity index (χ4v) is 5.53. The lowest BCUT2D eigenvalue weighted by atomic mass is 9.72. The number of likely N-dealkylation sites (tertiary alicyclic amines) is 1.